The molecule has 2 amide bonds. The number of cyclic esters (lactones) is 1. The summed E-state index contributed by atoms with van der Waals surface area (Å²) in [6, 6.07) is 3.66. The zero-order chi connectivity index (χ0) is 26.7. The molecule has 0 saturated carbocycles. The average molecular weight is 775 g/mol. The molecule has 0 aromatic heterocycles. The Morgan fingerprint density at radius 2 is 2.03 bits per heavy atom. The van der Waals surface area contributed by atoms with E-state index in [1.165, 1.54) is 13.4 Å². The number of aliphatic hydroxyl groups is 1. The standard InChI is InChI=1S/C22H21Br4N3O8/c1-33-17-13(25)7-22(35-9-14(17)26)19(30)16(29-37-22)20(31)27-3-2-4-34-18-11(23)5-10(6-12(18)24)15-8-28-21(32)36-15/h5-6,9,15,19,30H,2-4,7-8H2,1H3,(H,27,31)(H,28,32)/t15-,19+,22+/m1/s1. The Balaban J connectivity index is 1.27. The SMILES string of the molecule is COC1=C(Br)C[C@]2(OC=C1Br)ON=C(C(=O)NCCCOc1c(Br)cc([C@H]3CNC(=O)O3)cc1Br)[C@@H]2O. The van der Waals surface area contributed by atoms with Crippen LogP contribution < -0.4 is 15.4 Å². The van der Waals surface area contributed by atoms with Gasteiger partial charge in [-0.15, -0.1) is 0 Å². The first-order chi connectivity index (χ1) is 17.6. The molecule has 1 aromatic rings. The molecule has 1 spiro atoms. The van der Waals surface area contributed by atoms with E-state index in [2.05, 4.69) is 79.5 Å². The van der Waals surface area contributed by atoms with Crippen molar-refractivity contribution in [3.05, 3.63) is 47.6 Å². The molecule has 11 nitrogen and oxygen atoms in total. The minimum Gasteiger partial charge on any atom is -0.495 e. The molecular formula is C22H21Br4N3O8. The van der Waals surface area contributed by atoms with Crippen molar-refractivity contribution in [2.75, 3.05) is 26.8 Å². The lowest BCUT2D eigenvalue weighted by molar-refractivity contribution is -0.225. The van der Waals surface area contributed by atoms with Crippen molar-refractivity contribution in [3.63, 3.8) is 0 Å². The number of rotatable bonds is 8. The van der Waals surface area contributed by atoms with Gasteiger partial charge < -0.3 is 39.5 Å². The van der Waals surface area contributed by atoms with Gasteiger partial charge in [0.05, 0.1) is 40.1 Å². The Morgan fingerprint density at radius 1 is 1.30 bits per heavy atom. The van der Waals surface area contributed by atoms with Crippen molar-refractivity contribution in [3.8, 4) is 5.75 Å². The minimum absolute atomic E-state index is 0.0549. The van der Waals surface area contributed by atoms with Crippen LogP contribution in [0.2, 0.25) is 0 Å². The molecule has 0 unspecified atom stereocenters. The Bertz CT molecular complexity index is 1170. The third-order valence-corrected chi connectivity index (χ3v) is 7.93. The van der Waals surface area contributed by atoms with Crippen molar-refractivity contribution in [1.82, 2.24) is 10.6 Å². The van der Waals surface area contributed by atoms with Crippen LogP contribution in [0, 0.1) is 0 Å². The number of nitrogens with zero attached hydrogens (tertiary/aromatic N) is 1. The molecule has 1 fully saturated rings. The number of carbonyl (C=O) groups excluding carboxylic acids is 2. The monoisotopic (exact) mass is 771 g/mol. The third kappa shape index (κ3) is 6.10. The molecule has 1 saturated heterocycles. The lowest BCUT2D eigenvalue weighted by Gasteiger charge is -2.27. The normalized spacial score (nSPS) is 24.9. The van der Waals surface area contributed by atoms with Crippen molar-refractivity contribution >= 4 is 81.4 Å². The van der Waals surface area contributed by atoms with Crippen LogP contribution in [0.4, 0.5) is 4.79 Å². The fraction of sp³-hybridized carbons (Fsp3) is 0.409. The highest BCUT2D eigenvalue weighted by molar-refractivity contribution is 9.12. The molecule has 37 heavy (non-hydrogen) atoms. The van der Waals surface area contributed by atoms with Crippen LogP contribution in [0.25, 0.3) is 0 Å². The number of carbonyl (C=O) groups is 2. The summed E-state index contributed by atoms with van der Waals surface area (Å²) >= 11 is 13.7. The van der Waals surface area contributed by atoms with Gasteiger partial charge in [0.2, 0.25) is 0 Å². The van der Waals surface area contributed by atoms with Gasteiger partial charge in [0.15, 0.2) is 11.8 Å². The molecule has 0 aliphatic carbocycles. The maximum absolute atomic E-state index is 12.7. The molecule has 3 N–H and O–H groups in total. The number of aliphatic hydroxyl groups excluding tert-OH is 1. The number of benzene rings is 1. The van der Waals surface area contributed by atoms with Gasteiger partial charge in [-0.2, -0.15) is 0 Å². The number of hydrogen-bond acceptors (Lipinski definition) is 9. The quantitative estimate of drug-likeness (QED) is 0.334. The van der Waals surface area contributed by atoms with Gasteiger partial charge in [-0.1, -0.05) is 21.1 Å². The molecule has 3 aliphatic heterocycles. The summed E-state index contributed by atoms with van der Waals surface area (Å²) in [7, 11) is 1.49. The number of methoxy groups -OCH3 is 1. The smallest absolute Gasteiger partial charge is 0.407 e. The van der Waals surface area contributed by atoms with Crippen molar-refractivity contribution in [2.24, 2.45) is 5.16 Å². The maximum atomic E-state index is 12.7. The molecule has 3 atom stereocenters. The lowest BCUT2D eigenvalue weighted by atomic mass is 10.0. The maximum Gasteiger partial charge on any atom is 0.407 e. The summed E-state index contributed by atoms with van der Waals surface area (Å²) in [5, 5.41) is 19.9. The highest BCUT2D eigenvalue weighted by Gasteiger charge is 2.54. The van der Waals surface area contributed by atoms with E-state index in [9.17, 15) is 14.7 Å². The second-order valence-electron chi connectivity index (χ2n) is 8.03. The van der Waals surface area contributed by atoms with E-state index in [4.69, 9.17) is 23.8 Å². The van der Waals surface area contributed by atoms with Crippen LogP contribution in [-0.2, 0) is 23.8 Å². The number of alkyl carbamates (subject to hydrolysis) is 1. The van der Waals surface area contributed by atoms with Crippen LogP contribution in [0.1, 0.15) is 24.5 Å². The summed E-state index contributed by atoms with van der Waals surface area (Å²) in [5.74, 6) is -1.14. The van der Waals surface area contributed by atoms with E-state index in [1.807, 2.05) is 12.1 Å². The van der Waals surface area contributed by atoms with Gasteiger partial charge in [0, 0.05) is 11.0 Å². The van der Waals surface area contributed by atoms with Crippen LogP contribution in [0.3, 0.4) is 0 Å². The van der Waals surface area contributed by atoms with Crippen LogP contribution in [-0.4, -0.2) is 61.5 Å². The van der Waals surface area contributed by atoms with Crippen molar-refractivity contribution in [1.29, 1.82) is 0 Å². The van der Waals surface area contributed by atoms with Gasteiger partial charge in [0.1, 0.15) is 23.9 Å². The number of ether oxygens (including phenoxy) is 4. The first-order valence-electron chi connectivity index (χ1n) is 10.9. The molecule has 4 rings (SSSR count). The summed E-state index contributed by atoms with van der Waals surface area (Å²) in [4.78, 5) is 29.3. The Hall–Kier alpha value is -1.81. The zero-order valence-electron chi connectivity index (χ0n) is 19.2. The Labute approximate surface area is 245 Å². The molecule has 3 heterocycles. The van der Waals surface area contributed by atoms with Gasteiger partial charge in [-0.3, -0.25) is 4.79 Å². The number of oxime groups is 1. The van der Waals surface area contributed by atoms with Gasteiger partial charge in [-0.05, 0) is 71.9 Å². The summed E-state index contributed by atoms with van der Waals surface area (Å²) in [5.41, 5.74) is 0.615. The van der Waals surface area contributed by atoms with Crippen LogP contribution >= 0.6 is 63.7 Å². The van der Waals surface area contributed by atoms with Crippen molar-refractivity contribution in [2.45, 2.75) is 30.8 Å². The molecular weight excluding hydrogens is 754 g/mol. The number of halogens is 4. The second-order valence-corrected chi connectivity index (χ2v) is 11.5. The number of allylic oxidation sites excluding steroid dienone is 1. The van der Waals surface area contributed by atoms with Gasteiger partial charge in [0.25, 0.3) is 5.91 Å². The first kappa shape index (κ1) is 28.2. The van der Waals surface area contributed by atoms with Crippen LogP contribution in [0.15, 0.2) is 47.2 Å². The fourth-order valence-corrected chi connectivity index (χ4v) is 6.69. The minimum atomic E-state index is -1.61. The third-order valence-electron chi connectivity index (χ3n) is 5.56. The molecule has 15 heteroatoms. The second kappa shape index (κ2) is 11.9. The average Bonchev–Trinajstić information content (AvgIpc) is 3.39. The number of amides is 2. The first-order valence-corrected chi connectivity index (χ1v) is 14.1. The van der Waals surface area contributed by atoms with E-state index >= 15 is 0 Å². The lowest BCUT2D eigenvalue weighted by Crippen LogP contribution is -2.49. The zero-order valence-corrected chi connectivity index (χ0v) is 25.5. The van der Waals surface area contributed by atoms with E-state index in [0.29, 0.717) is 49.0 Å². The largest absolute Gasteiger partial charge is 0.495 e. The summed E-state index contributed by atoms with van der Waals surface area (Å²) in [6.07, 6.45) is -0.410. The molecule has 3 aliphatic rings. The van der Waals surface area contributed by atoms with E-state index in [0.717, 1.165) is 5.56 Å². The molecule has 1 aromatic carbocycles. The van der Waals surface area contributed by atoms with Gasteiger partial charge >= 0.3 is 11.9 Å². The van der Waals surface area contributed by atoms with Crippen molar-refractivity contribution < 1.29 is 38.5 Å². The van der Waals surface area contributed by atoms with E-state index in [1.54, 1.807) is 0 Å². The van der Waals surface area contributed by atoms with E-state index < -0.39 is 23.9 Å². The molecule has 0 radical (unpaired) electrons. The van der Waals surface area contributed by atoms with Crippen LogP contribution in [0.5, 0.6) is 5.75 Å². The summed E-state index contributed by atoms with van der Waals surface area (Å²) in [6.45, 7) is 0.955. The van der Waals surface area contributed by atoms with Gasteiger partial charge in [-0.25, -0.2) is 4.79 Å². The topological polar surface area (TPSA) is 137 Å². The summed E-state index contributed by atoms with van der Waals surface area (Å²) < 4.78 is 24.5. The Kier molecular flexibility index (Phi) is 9.09. The van der Waals surface area contributed by atoms with E-state index in [-0.39, 0.29) is 24.8 Å². The fourth-order valence-electron chi connectivity index (χ4n) is 3.71. The highest BCUT2D eigenvalue weighted by Crippen LogP contribution is 2.41. The molecule has 200 valence electrons. The predicted molar refractivity (Wildman–Crippen MR) is 145 cm³/mol. The molecule has 0 bridgehead atoms. The number of nitrogens with one attached hydrogen (secondary N) is 2. The predicted octanol–water partition coefficient (Wildman–Crippen LogP) is 4.23. The Morgan fingerprint density at radius 3 is 2.68 bits per heavy atom. The highest BCUT2D eigenvalue weighted by atomic mass is 79.9. The number of hydrogen-bond donors (Lipinski definition) is 3.